The summed E-state index contributed by atoms with van der Waals surface area (Å²) in [6, 6.07) is 1.09. The van der Waals surface area contributed by atoms with E-state index in [0.29, 0.717) is 29.8 Å². The van der Waals surface area contributed by atoms with Gasteiger partial charge < -0.3 is 9.80 Å². The molecule has 4 fully saturated rings. The highest BCUT2D eigenvalue weighted by atomic mass is 16.2. The predicted octanol–water partition coefficient (Wildman–Crippen LogP) is 2.58. The average molecular weight is 419 g/mol. The number of nitrogens with zero attached hydrogens (tertiary/aromatic N) is 4. The summed E-state index contributed by atoms with van der Waals surface area (Å²) >= 11 is 0. The molecule has 4 aliphatic heterocycles. The van der Waals surface area contributed by atoms with E-state index in [0.717, 1.165) is 65.0 Å². The van der Waals surface area contributed by atoms with Crippen molar-refractivity contribution >= 4 is 11.8 Å². The molecule has 0 N–H and O–H groups in total. The van der Waals surface area contributed by atoms with Crippen LogP contribution >= 0.6 is 0 Å². The zero-order valence-corrected chi connectivity index (χ0v) is 19.1. The summed E-state index contributed by atoms with van der Waals surface area (Å²) in [5, 5.41) is 0. The standard InChI is InChI=1S/C24H42N4O2/c1-20(16-25-12-4-2-8-21(25)18-27-14-6-10-23(27)29)17-26-13-5-3-9-22(26)19-28-15-7-11-24(28)30/h20-22H,2-19H2,1H3. The summed E-state index contributed by atoms with van der Waals surface area (Å²) in [7, 11) is 0. The minimum atomic E-state index is 0.362. The predicted molar refractivity (Wildman–Crippen MR) is 119 cm³/mol. The normalized spacial score (nSPS) is 30.4. The number of amides is 2. The maximum atomic E-state index is 12.1. The second-order valence-electron chi connectivity index (χ2n) is 10.3. The minimum absolute atomic E-state index is 0.362. The van der Waals surface area contributed by atoms with E-state index in [4.69, 9.17) is 0 Å². The molecule has 4 rings (SSSR count). The first kappa shape index (κ1) is 22.1. The van der Waals surface area contributed by atoms with Crippen molar-refractivity contribution in [1.29, 1.82) is 0 Å². The van der Waals surface area contributed by atoms with Gasteiger partial charge in [-0.15, -0.1) is 0 Å². The van der Waals surface area contributed by atoms with Crippen LogP contribution in [0.2, 0.25) is 0 Å². The van der Waals surface area contributed by atoms with Crippen molar-refractivity contribution in [3.05, 3.63) is 0 Å². The smallest absolute Gasteiger partial charge is 0.222 e. The highest BCUT2D eigenvalue weighted by Gasteiger charge is 2.32. The Hall–Kier alpha value is -1.14. The molecule has 0 bridgehead atoms. The van der Waals surface area contributed by atoms with Crippen LogP contribution in [0.3, 0.4) is 0 Å². The van der Waals surface area contributed by atoms with E-state index in [-0.39, 0.29) is 0 Å². The lowest BCUT2D eigenvalue weighted by molar-refractivity contribution is -0.129. The molecule has 0 aromatic rings. The maximum absolute atomic E-state index is 12.1. The first-order chi connectivity index (χ1) is 14.6. The average Bonchev–Trinajstić information content (AvgIpc) is 3.33. The lowest BCUT2D eigenvalue weighted by Gasteiger charge is -2.42. The first-order valence-corrected chi connectivity index (χ1v) is 12.6. The molecular weight excluding hydrogens is 376 g/mol. The van der Waals surface area contributed by atoms with E-state index in [1.54, 1.807) is 0 Å². The topological polar surface area (TPSA) is 47.1 Å². The Balaban J connectivity index is 1.29. The third-order valence-electron chi connectivity index (χ3n) is 7.80. The summed E-state index contributed by atoms with van der Waals surface area (Å²) in [5.74, 6) is 1.34. The molecule has 4 heterocycles. The van der Waals surface area contributed by atoms with Gasteiger partial charge in [-0.2, -0.15) is 0 Å². The molecule has 6 nitrogen and oxygen atoms in total. The number of hydrogen-bond donors (Lipinski definition) is 0. The van der Waals surface area contributed by atoms with Crippen LogP contribution < -0.4 is 0 Å². The van der Waals surface area contributed by atoms with Crippen molar-refractivity contribution in [3.8, 4) is 0 Å². The van der Waals surface area contributed by atoms with Crippen molar-refractivity contribution in [2.24, 2.45) is 5.92 Å². The molecule has 4 aliphatic rings. The summed E-state index contributed by atoms with van der Waals surface area (Å²) in [6.45, 7) is 10.8. The van der Waals surface area contributed by atoms with E-state index in [1.165, 1.54) is 51.6 Å². The van der Waals surface area contributed by atoms with E-state index in [2.05, 4.69) is 26.5 Å². The zero-order valence-electron chi connectivity index (χ0n) is 19.1. The summed E-state index contributed by atoms with van der Waals surface area (Å²) in [4.78, 5) is 33.8. The van der Waals surface area contributed by atoms with Gasteiger partial charge in [-0.05, 0) is 57.5 Å². The summed E-state index contributed by atoms with van der Waals surface area (Å²) < 4.78 is 0. The lowest BCUT2D eigenvalue weighted by atomic mass is 9.97. The van der Waals surface area contributed by atoms with Crippen LogP contribution in [0.4, 0.5) is 0 Å². The van der Waals surface area contributed by atoms with Gasteiger partial charge in [0.2, 0.25) is 11.8 Å². The van der Waals surface area contributed by atoms with Crippen LogP contribution in [0.1, 0.15) is 71.1 Å². The number of likely N-dealkylation sites (tertiary alicyclic amines) is 4. The number of hydrogen-bond acceptors (Lipinski definition) is 4. The Morgan fingerprint density at radius 2 is 1.17 bits per heavy atom. The fourth-order valence-electron chi connectivity index (χ4n) is 6.18. The van der Waals surface area contributed by atoms with Crippen LogP contribution in [0.5, 0.6) is 0 Å². The van der Waals surface area contributed by atoms with E-state index < -0.39 is 0 Å². The molecule has 0 aromatic carbocycles. The molecule has 2 amide bonds. The molecule has 170 valence electrons. The molecule has 0 aliphatic carbocycles. The molecular formula is C24H42N4O2. The van der Waals surface area contributed by atoms with Gasteiger partial charge in [-0.25, -0.2) is 0 Å². The molecule has 0 aromatic heterocycles. The molecule has 0 spiro atoms. The van der Waals surface area contributed by atoms with Gasteiger partial charge in [0, 0.05) is 64.2 Å². The molecule has 2 atom stereocenters. The molecule has 0 radical (unpaired) electrons. The van der Waals surface area contributed by atoms with Gasteiger partial charge in [0.1, 0.15) is 0 Å². The number of piperidine rings is 2. The van der Waals surface area contributed by atoms with Crippen molar-refractivity contribution in [1.82, 2.24) is 19.6 Å². The van der Waals surface area contributed by atoms with Gasteiger partial charge in [-0.1, -0.05) is 19.8 Å². The fraction of sp³-hybridized carbons (Fsp3) is 0.917. The number of carbonyl (C=O) groups excluding carboxylic acids is 2. The Labute approximate surface area is 182 Å². The molecule has 0 saturated carbocycles. The Bertz CT molecular complexity index is 548. The fourth-order valence-corrected chi connectivity index (χ4v) is 6.18. The third-order valence-corrected chi connectivity index (χ3v) is 7.80. The SMILES string of the molecule is CC(CN1CCCCC1CN1CCCC1=O)CN1CCCCC1CN1CCCC1=O. The Kier molecular flexibility index (Phi) is 7.69. The number of rotatable bonds is 8. The van der Waals surface area contributed by atoms with Crippen LogP contribution in [-0.2, 0) is 9.59 Å². The molecule has 6 heteroatoms. The monoisotopic (exact) mass is 418 g/mol. The summed E-state index contributed by atoms with van der Waals surface area (Å²) in [6.07, 6.45) is 11.2. The largest absolute Gasteiger partial charge is 0.341 e. The van der Waals surface area contributed by atoms with Crippen LogP contribution in [0.15, 0.2) is 0 Å². The van der Waals surface area contributed by atoms with Gasteiger partial charge in [0.15, 0.2) is 0 Å². The van der Waals surface area contributed by atoms with Gasteiger partial charge in [-0.3, -0.25) is 19.4 Å². The quantitative estimate of drug-likeness (QED) is 0.608. The molecule has 2 unspecified atom stereocenters. The van der Waals surface area contributed by atoms with E-state index >= 15 is 0 Å². The van der Waals surface area contributed by atoms with Crippen LogP contribution in [0, 0.1) is 5.92 Å². The van der Waals surface area contributed by atoms with Gasteiger partial charge in [0.05, 0.1) is 0 Å². The zero-order chi connectivity index (χ0) is 20.9. The van der Waals surface area contributed by atoms with Crippen LogP contribution in [0.25, 0.3) is 0 Å². The second-order valence-corrected chi connectivity index (χ2v) is 10.3. The van der Waals surface area contributed by atoms with E-state index in [9.17, 15) is 9.59 Å². The van der Waals surface area contributed by atoms with Gasteiger partial charge >= 0.3 is 0 Å². The van der Waals surface area contributed by atoms with E-state index in [1.807, 2.05) is 0 Å². The highest BCUT2D eigenvalue weighted by molar-refractivity contribution is 5.78. The lowest BCUT2D eigenvalue weighted by Crippen LogP contribution is -2.51. The van der Waals surface area contributed by atoms with Gasteiger partial charge in [0.25, 0.3) is 0 Å². The maximum Gasteiger partial charge on any atom is 0.222 e. The second kappa shape index (κ2) is 10.4. The highest BCUT2D eigenvalue weighted by Crippen LogP contribution is 2.24. The summed E-state index contributed by atoms with van der Waals surface area (Å²) in [5.41, 5.74) is 0. The van der Waals surface area contributed by atoms with Crippen LogP contribution in [-0.4, -0.2) is 95.9 Å². The van der Waals surface area contributed by atoms with Crippen molar-refractivity contribution < 1.29 is 9.59 Å². The number of carbonyl (C=O) groups is 2. The van der Waals surface area contributed by atoms with Crippen molar-refractivity contribution in [3.63, 3.8) is 0 Å². The van der Waals surface area contributed by atoms with Crippen molar-refractivity contribution in [2.45, 2.75) is 83.2 Å². The van der Waals surface area contributed by atoms with Crippen molar-refractivity contribution in [2.75, 3.05) is 52.4 Å². The Morgan fingerprint density at radius 3 is 1.57 bits per heavy atom. The third kappa shape index (κ3) is 5.56. The first-order valence-electron chi connectivity index (χ1n) is 12.6. The Morgan fingerprint density at radius 1 is 0.700 bits per heavy atom. The molecule has 30 heavy (non-hydrogen) atoms. The minimum Gasteiger partial charge on any atom is -0.341 e. The molecule has 4 saturated heterocycles.